The van der Waals surface area contributed by atoms with Gasteiger partial charge in [0.15, 0.2) is 5.82 Å². The molecule has 1 aromatic carbocycles. The second-order valence-electron chi connectivity index (χ2n) is 7.70. The van der Waals surface area contributed by atoms with Crippen LogP contribution in [0.5, 0.6) is 5.75 Å². The van der Waals surface area contributed by atoms with Gasteiger partial charge in [0.2, 0.25) is 5.91 Å². The molecule has 1 aromatic heterocycles. The molecule has 0 bridgehead atoms. The number of likely N-dealkylation sites (tertiary alicyclic amines) is 1. The van der Waals surface area contributed by atoms with Crippen LogP contribution in [0.25, 0.3) is 0 Å². The van der Waals surface area contributed by atoms with Crippen LogP contribution in [0.15, 0.2) is 24.4 Å². The molecule has 0 radical (unpaired) electrons. The van der Waals surface area contributed by atoms with E-state index in [4.69, 9.17) is 9.72 Å². The number of carbonyl (C=O) groups is 2. The summed E-state index contributed by atoms with van der Waals surface area (Å²) in [6.45, 7) is 5.37. The maximum absolute atomic E-state index is 13.1. The molecule has 2 aromatic rings. The molecule has 2 aliphatic heterocycles. The van der Waals surface area contributed by atoms with E-state index < -0.39 is 0 Å². The summed E-state index contributed by atoms with van der Waals surface area (Å²) >= 11 is 0. The van der Waals surface area contributed by atoms with Crippen LogP contribution in [0, 0.1) is 6.92 Å². The third-order valence-electron chi connectivity index (χ3n) is 5.84. The summed E-state index contributed by atoms with van der Waals surface area (Å²) in [4.78, 5) is 38.0. The lowest BCUT2D eigenvalue weighted by Gasteiger charge is -2.30. The average molecular weight is 394 g/mol. The highest BCUT2D eigenvalue weighted by molar-refractivity contribution is 5.97. The molecule has 0 N–H and O–H groups in total. The van der Waals surface area contributed by atoms with Gasteiger partial charge in [0, 0.05) is 44.7 Å². The van der Waals surface area contributed by atoms with Gasteiger partial charge in [0.1, 0.15) is 5.75 Å². The van der Waals surface area contributed by atoms with Crippen molar-refractivity contribution in [3.63, 3.8) is 0 Å². The minimum absolute atomic E-state index is 0.0333. The standard InChI is InChI=1S/C22H26N4O3/c1-14-6-4-7-17(20(14)29-3)22(28)25-11-9-18-16(13-25)12-23-21(24-18)19-8-5-10-26(19)15(2)27/h4,6-7,12,19H,5,8-11,13H2,1-3H3/t19-/m1/s1. The van der Waals surface area contributed by atoms with Crippen molar-refractivity contribution in [1.82, 2.24) is 19.8 Å². The molecule has 1 atom stereocenters. The van der Waals surface area contributed by atoms with E-state index in [1.807, 2.05) is 35.1 Å². The number of methoxy groups -OCH3 is 1. The number of hydrogen-bond donors (Lipinski definition) is 0. The minimum Gasteiger partial charge on any atom is -0.496 e. The van der Waals surface area contributed by atoms with E-state index in [0.29, 0.717) is 30.8 Å². The molecule has 7 heteroatoms. The van der Waals surface area contributed by atoms with E-state index in [-0.39, 0.29) is 17.9 Å². The topological polar surface area (TPSA) is 75.6 Å². The Bertz CT molecular complexity index is 959. The molecular weight excluding hydrogens is 368 g/mol. The number of amides is 2. The minimum atomic E-state index is -0.0428. The van der Waals surface area contributed by atoms with Crippen LogP contribution in [0.4, 0.5) is 0 Å². The summed E-state index contributed by atoms with van der Waals surface area (Å²) in [5, 5.41) is 0. The number of carbonyl (C=O) groups excluding carboxylic acids is 2. The third-order valence-corrected chi connectivity index (χ3v) is 5.84. The Morgan fingerprint density at radius 3 is 2.83 bits per heavy atom. The first kappa shape index (κ1) is 19.4. The zero-order valence-corrected chi connectivity index (χ0v) is 17.1. The van der Waals surface area contributed by atoms with Crippen LogP contribution in [-0.2, 0) is 17.8 Å². The van der Waals surface area contributed by atoms with Gasteiger partial charge in [0.25, 0.3) is 5.91 Å². The molecule has 29 heavy (non-hydrogen) atoms. The van der Waals surface area contributed by atoms with Crippen LogP contribution in [0.2, 0.25) is 0 Å². The highest BCUT2D eigenvalue weighted by atomic mass is 16.5. The molecule has 0 aliphatic carbocycles. The van der Waals surface area contributed by atoms with Crippen LogP contribution in [0.1, 0.15) is 58.8 Å². The van der Waals surface area contributed by atoms with Gasteiger partial charge in [-0.3, -0.25) is 9.59 Å². The smallest absolute Gasteiger partial charge is 0.257 e. The van der Waals surface area contributed by atoms with Crippen LogP contribution < -0.4 is 4.74 Å². The quantitative estimate of drug-likeness (QED) is 0.800. The molecule has 2 aliphatic rings. The SMILES string of the molecule is COc1c(C)cccc1C(=O)N1CCc2nc([C@H]3CCCN3C(C)=O)ncc2C1. The number of para-hydroxylation sites is 1. The summed E-state index contributed by atoms with van der Waals surface area (Å²) in [7, 11) is 1.59. The Kier molecular flexibility index (Phi) is 5.22. The van der Waals surface area contributed by atoms with E-state index in [1.54, 1.807) is 20.1 Å². The Labute approximate surface area is 170 Å². The van der Waals surface area contributed by atoms with E-state index in [0.717, 1.165) is 42.0 Å². The Hall–Kier alpha value is -2.96. The summed E-state index contributed by atoms with van der Waals surface area (Å²) in [6.07, 6.45) is 4.38. The Balaban J connectivity index is 1.55. The molecule has 152 valence electrons. The van der Waals surface area contributed by atoms with Crippen molar-refractivity contribution in [2.24, 2.45) is 0 Å². The summed E-state index contributed by atoms with van der Waals surface area (Å²) in [6, 6.07) is 5.58. The fourth-order valence-corrected chi connectivity index (χ4v) is 4.34. The van der Waals surface area contributed by atoms with E-state index >= 15 is 0 Å². The lowest BCUT2D eigenvalue weighted by molar-refractivity contribution is -0.129. The highest BCUT2D eigenvalue weighted by Crippen LogP contribution is 2.31. The van der Waals surface area contributed by atoms with Gasteiger partial charge < -0.3 is 14.5 Å². The van der Waals surface area contributed by atoms with Crippen molar-refractivity contribution >= 4 is 11.8 Å². The van der Waals surface area contributed by atoms with Crippen molar-refractivity contribution in [2.75, 3.05) is 20.2 Å². The highest BCUT2D eigenvalue weighted by Gasteiger charge is 2.32. The molecule has 0 spiro atoms. The Morgan fingerprint density at radius 2 is 2.07 bits per heavy atom. The summed E-state index contributed by atoms with van der Waals surface area (Å²) in [5.41, 5.74) is 3.46. The predicted molar refractivity (Wildman–Crippen MR) is 108 cm³/mol. The predicted octanol–water partition coefficient (Wildman–Crippen LogP) is 2.68. The number of rotatable bonds is 3. The molecule has 3 heterocycles. The number of aryl methyl sites for hydroxylation is 1. The van der Waals surface area contributed by atoms with Crippen LogP contribution >= 0.6 is 0 Å². The molecule has 4 rings (SSSR count). The van der Waals surface area contributed by atoms with Gasteiger partial charge >= 0.3 is 0 Å². The Morgan fingerprint density at radius 1 is 1.24 bits per heavy atom. The largest absolute Gasteiger partial charge is 0.496 e. The van der Waals surface area contributed by atoms with Gasteiger partial charge in [-0.15, -0.1) is 0 Å². The van der Waals surface area contributed by atoms with Gasteiger partial charge in [-0.1, -0.05) is 12.1 Å². The first-order valence-corrected chi connectivity index (χ1v) is 10.0. The normalized spacial score (nSPS) is 18.5. The monoisotopic (exact) mass is 394 g/mol. The number of nitrogens with zero attached hydrogens (tertiary/aromatic N) is 4. The van der Waals surface area contributed by atoms with E-state index in [2.05, 4.69) is 4.98 Å². The molecule has 1 fully saturated rings. The summed E-state index contributed by atoms with van der Waals surface area (Å²) in [5.74, 6) is 1.37. The van der Waals surface area contributed by atoms with E-state index in [9.17, 15) is 9.59 Å². The number of hydrogen-bond acceptors (Lipinski definition) is 5. The lowest BCUT2D eigenvalue weighted by Crippen LogP contribution is -2.37. The van der Waals surface area contributed by atoms with E-state index in [1.165, 1.54) is 0 Å². The fraction of sp³-hybridized carbons (Fsp3) is 0.455. The lowest BCUT2D eigenvalue weighted by atomic mass is 10.0. The van der Waals surface area contributed by atoms with Gasteiger partial charge in [-0.25, -0.2) is 9.97 Å². The van der Waals surface area contributed by atoms with Gasteiger partial charge in [-0.2, -0.15) is 0 Å². The second-order valence-corrected chi connectivity index (χ2v) is 7.70. The summed E-state index contributed by atoms with van der Waals surface area (Å²) < 4.78 is 5.46. The van der Waals surface area contributed by atoms with Gasteiger partial charge in [0.05, 0.1) is 24.4 Å². The van der Waals surface area contributed by atoms with Crippen molar-refractivity contribution in [2.45, 2.75) is 45.7 Å². The zero-order valence-electron chi connectivity index (χ0n) is 17.1. The molecule has 2 amide bonds. The molecule has 1 saturated heterocycles. The van der Waals surface area contributed by atoms with Crippen molar-refractivity contribution in [3.05, 3.63) is 52.6 Å². The second kappa shape index (κ2) is 7.81. The third kappa shape index (κ3) is 3.57. The van der Waals surface area contributed by atoms with Crippen molar-refractivity contribution in [3.8, 4) is 5.75 Å². The van der Waals surface area contributed by atoms with Gasteiger partial charge in [-0.05, 0) is 31.4 Å². The average Bonchev–Trinajstić information content (AvgIpc) is 3.22. The molecule has 0 unspecified atom stereocenters. The molecular formula is C22H26N4O3. The fourth-order valence-electron chi connectivity index (χ4n) is 4.34. The first-order chi connectivity index (χ1) is 14.0. The number of benzene rings is 1. The zero-order chi connectivity index (χ0) is 20.5. The number of ether oxygens (including phenoxy) is 1. The van der Waals surface area contributed by atoms with Crippen LogP contribution in [0.3, 0.4) is 0 Å². The number of aromatic nitrogens is 2. The van der Waals surface area contributed by atoms with Crippen molar-refractivity contribution < 1.29 is 14.3 Å². The van der Waals surface area contributed by atoms with Crippen LogP contribution in [-0.4, -0.2) is 51.8 Å². The molecule has 7 nitrogen and oxygen atoms in total. The number of fused-ring (bicyclic) bond motifs is 1. The first-order valence-electron chi connectivity index (χ1n) is 10.0. The molecule has 0 saturated carbocycles. The maximum Gasteiger partial charge on any atom is 0.257 e. The van der Waals surface area contributed by atoms with Crippen molar-refractivity contribution in [1.29, 1.82) is 0 Å². The maximum atomic E-state index is 13.1.